The first-order chi connectivity index (χ1) is 7.43. The van der Waals surface area contributed by atoms with Crippen LogP contribution in [0, 0.1) is 0 Å². The van der Waals surface area contributed by atoms with E-state index in [-0.39, 0.29) is 6.10 Å². The van der Waals surface area contributed by atoms with Gasteiger partial charge in [-0.25, -0.2) is 0 Å². The summed E-state index contributed by atoms with van der Waals surface area (Å²) in [5, 5.41) is 0. The molecule has 2 aromatic rings. The Labute approximate surface area is 89.3 Å². The van der Waals surface area contributed by atoms with Crippen LogP contribution in [0.15, 0.2) is 54.6 Å². The molecule has 1 aliphatic rings. The van der Waals surface area contributed by atoms with Crippen molar-refractivity contribution in [2.45, 2.75) is 12.5 Å². The van der Waals surface area contributed by atoms with Crippen LogP contribution >= 0.6 is 0 Å². The molecule has 1 unspecified atom stereocenters. The van der Waals surface area contributed by atoms with Crippen LogP contribution in [0.3, 0.4) is 0 Å². The summed E-state index contributed by atoms with van der Waals surface area (Å²) >= 11 is 0. The second-order valence-electron chi connectivity index (χ2n) is 3.83. The molecule has 0 saturated carbocycles. The Morgan fingerprint density at radius 3 is 2.40 bits per heavy atom. The number of fused-ring (bicyclic) bond motifs is 1. The van der Waals surface area contributed by atoms with E-state index >= 15 is 0 Å². The zero-order chi connectivity index (χ0) is 10.1. The van der Waals surface area contributed by atoms with Gasteiger partial charge in [0.2, 0.25) is 0 Å². The Kier molecular flexibility index (Phi) is 1.95. The Balaban J connectivity index is 1.91. The van der Waals surface area contributed by atoms with E-state index in [2.05, 4.69) is 36.4 Å². The quantitative estimate of drug-likeness (QED) is 0.679. The first-order valence-electron chi connectivity index (χ1n) is 5.23. The van der Waals surface area contributed by atoms with Crippen molar-refractivity contribution in [1.29, 1.82) is 0 Å². The minimum atomic E-state index is 0.198. The van der Waals surface area contributed by atoms with Gasteiger partial charge in [0, 0.05) is 6.42 Å². The van der Waals surface area contributed by atoms with Crippen molar-refractivity contribution in [3.05, 3.63) is 65.7 Å². The molecule has 0 radical (unpaired) electrons. The monoisotopic (exact) mass is 196 g/mol. The lowest BCUT2D eigenvalue weighted by Crippen LogP contribution is -2.02. The number of para-hydroxylation sites is 1. The van der Waals surface area contributed by atoms with Crippen LogP contribution in [0.4, 0.5) is 0 Å². The van der Waals surface area contributed by atoms with Gasteiger partial charge in [-0.1, -0.05) is 48.5 Å². The third-order valence-electron chi connectivity index (χ3n) is 2.82. The third kappa shape index (κ3) is 1.50. The number of ether oxygens (including phenoxy) is 1. The lowest BCUT2D eigenvalue weighted by Gasteiger charge is -2.10. The summed E-state index contributed by atoms with van der Waals surface area (Å²) in [7, 11) is 0. The van der Waals surface area contributed by atoms with Crippen LogP contribution in [0.2, 0.25) is 0 Å². The molecule has 0 bridgehead atoms. The number of rotatable bonds is 1. The summed E-state index contributed by atoms with van der Waals surface area (Å²) in [6.07, 6.45) is 1.18. The molecule has 15 heavy (non-hydrogen) atoms. The highest BCUT2D eigenvalue weighted by Gasteiger charge is 2.23. The molecular weight excluding hydrogens is 184 g/mol. The molecule has 1 aliphatic heterocycles. The largest absolute Gasteiger partial charge is 0.485 e. The van der Waals surface area contributed by atoms with Crippen LogP contribution in [-0.4, -0.2) is 0 Å². The normalized spacial score (nSPS) is 18.3. The minimum absolute atomic E-state index is 0.198. The van der Waals surface area contributed by atoms with Crippen molar-refractivity contribution in [3.63, 3.8) is 0 Å². The number of hydrogen-bond donors (Lipinski definition) is 0. The Hall–Kier alpha value is -1.76. The molecule has 0 aliphatic carbocycles. The first-order valence-corrected chi connectivity index (χ1v) is 5.23. The van der Waals surface area contributed by atoms with Crippen molar-refractivity contribution < 1.29 is 4.74 Å². The van der Waals surface area contributed by atoms with E-state index in [1.807, 2.05) is 18.2 Å². The lowest BCUT2D eigenvalue weighted by atomic mass is 10.0. The van der Waals surface area contributed by atoms with Gasteiger partial charge in [-0.2, -0.15) is 0 Å². The SMILES string of the molecule is c1ccc(C2Cc3ccccc3O2)cc1. The van der Waals surface area contributed by atoms with E-state index in [9.17, 15) is 0 Å². The molecule has 74 valence electrons. The predicted octanol–water partition coefficient (Wildman–Crippen LogP) is 3.36. The van der Waals surface area contributed by atoms with Crippen LogP contribution in [0.5, 0.6) is 5.75 Å². The highest BCUT2D eigenvalue weighted by atomic mass is 16.5. The van der Waals surface area contributed by atoms with Crippen LogP contribution in [0.1, 0.15) is 17.2 Å². The summed E-state index contributed by atoms with van der Waals surface area (Å²) in [5.74, 6) is 1.03. The first kappa shape index (κ1) is 8.54. The number of benzene rings is 2. The van der Waals surface area contributed by atoms with E-state index in [1.165, 1.54) is 11.1 Å². The van der Waals surface area contributed by atoms with Crippen LogP contribution in [0.25, 0.3) is 0 Å². The highest BCUT2D eigenvalue weighted by molar-refractivity contribution is 5.39. The van der Waals surface area contributed by atoms with Crippen LogP contribution < -0.4 is 4.74 Å². The van der Waals surface area contributed by atoms with Crippen molar-refractivity contribution in [2.24, 2.45) is 0 Å². The topological polar surface area (TPSA) is 9.23 Å². The van der Waals surface area contributed by atoms with E-state index < -0.39 is 0 Å². The molecule has 0 N–H and O–H groups in total. The zero-order valence-electron chi connectivity index (χ0n) is 8.39. The second kappa shape index (κ2) is 3.43. The second-order valence-corrected chi connectivity index (χ2v) is 3.83. The van der Waals surface area contributed by atoms with Gasteiger partial charge in [-0.3, -0.25) is 0 Å². The fraction of sp³-hybridized carbons (Fsp3) is 0.143. The smallest absolute Gasteiger partial charge is 0.128 e. The van der Waals surface area contributed by atoms with E-state index in [0.29, 0.717) is 0 Å². The maximum atomic E-state index is 5.89. The van der Waals surface area contributed by atoms with Gasteiger partial charge in [0.1, 0.15) is 11.9 Å². The molecule has 1 heteroatoms. The zero-order valence-corrected chi connectivity index (χ0v) is 8.39. The van der Waals surface area contributed by atoms with Crippen LogP contribution in [-0.2, 0) is 6.42 Å². The van der Waals surface area contributed by atoms with Gasteiger partial charge in [0.25, 0.3) is 0 Å². The van der Waals surface area contributed by atoms with Crippen molar-refractivity contribution in [1.82, 2.24) is 0 Å². The molecular formula is C14H12O. The predicted molar refractivity (Wildman–Crippen MR) is 60.0 cm³/mol. The molecule has 0 spiro atoms. The van der Waals surface area contributed by atoms with Gasteiger partial charge in [0.05, 0.1) is 0 Å². The molecule has 0 fully saturated rings. The number of hydrogen-bond acceptors (Lipinski definition) is 1. The van der Waals surface area contributed by atoms with Crippen molar-refractivity contribution in [2.75, 3.05) is 0 Å². The molecule has 0 saturated heterocycles. The van der Waals surface area contributed by atoms with Crippen molar-refractivity contribution in [3.8, 4) is 5.75 Å². The maximum absolute atomic E-state index is 5.89. The van der Waals surface area contributed by atoms with E-state index in [4.69, 9.17) is 4.74 Å². The summed E-state index contributed by atoms with van der Waals surface area (Å²) < 4.78 is 5.89. The van der Waals surface area contributed by atoms with Crippen molar-refractivity contribution >= 4 is 0 Å². The lowest BCUT2D eigenvalue weighted by molar-refractivity contribution is 0.238. The Morgan fingerprint density at radius 1 is 0.867 bits per heavy atom. The average molecular weight is 196 g/mol. The summed E-state index contributed by atoms with van der Waals surface area (Å²) in [6.45, 7) is 0. The molecule has 1 atom stereocenters. The average Bonchev–Trinajstić information content (AvgIpc) is 2.74. The Morgan fingerprint density at radius 2 is 1.60 bits per heavy atom. The molecule has 1 nitrogen and oxygen atoms in total. The standard InChI is InChI=1S/C14H12O/c1-2-6-11(7-3-1)14-10-12-8-4-5-9-13(12)15-14/h1-9,14H,10H2. The summed E-state index contributed by atoms with van der Waals surface area (Å²) in [4.78, 5) is 0. The fourth-order valence-corrected chi connectivity index (χ4v) is 2.04. The summed E-state index contributed by atoms with van der Waals surface area (Å²) in [6, 6.07) is 18.7. The van der Waals surface area contributed by atoms with Gasteiger partial charge >= 0.3 is 0 Å². The molecule has 1 heterocycles. The molecule has 0 amide bonds. The minimum Gasteiger partial charge on any atom is -0.485 e. The molecule has 0 aromatic heterocycles. The summed E-state index contributed by atoms with van der Waals surface area (Å²) in [5.41, 5.74) is 2.57. The van der Waals surface area contributed by atoms with E-state index in [0.717, 1.165) is 12.2 Å². The Bertz CT molecular complexity index is 437. The van der Waals surface area contributed by atoms with Gasteiger partial charge in [-0.15, -0.1) is 0 Å². The molecule has 3 rings (SSSR count). The molecule has 2 aromatic carbocycles. The third-order valence-corrected chi connectivity index (χ3v) is 2.82. The van der Waals surface area contributed by atoms with Gasteiger partial charge < -0.3 is 4.74 Å². The highest BCUT2D eigenvalue weighted by Crippen LogP contribution is 2.35. The van der Waals surface area contributed by atoms with E-state index in [1.54, 1.807) is 0 Å². The maximum Gasteiger partial charge on any atom is 0.128 e. The van der Waals surface area contributed by atoms with Gasteiger partial charge in [0.15, 0.2) is 0 Å². The van der Waals surface area contributed by atoms with Gasteiger partial charge in [-0.05, 0) is 17.2 Å². The fourth-order valence-electron chi connectivity index (χ4n) is 2.04.